The van der Waals surface area contributed by atoms with Crippen molar-refractivity contribution >= 4 is 17.9 Å². The number of hydrogen-bond donors (Lipinski definition) is 0. The molecule has 0 heterocycles. The lowest BCUT2D eigenvalue weighted by atomic mass is 10.1. The van der Waals surface area contributed by atoms with Crippen LogP contribution in [-0.2, 0) is 28.6 Å². The number of unbranched alkanes of at least 4 members (excludes halogenated alkanes) is 23. The average molecular weight is 1150 g/mol. The van der Waals surface area contributed by atoms with Crippen molar-refractivity contribution in [2.24, 2.45) is 0 Å². The third-order valence-corrected chi connectivity index (χ3v) is 14.0. The largest absolute Gasteiger partial charge is 0.462 e. The fourth-order valence-electron chi connectivity index (χ4n) is 8.91. The molecular weight excluding hydrogens is 1020 g/mol. The molecule has 0 rings (SSSR count). The minimum absolute atomic E-state index is 0.0965. The standard InChI is InChI=1S/C77H124O6/c1-4-7-10-13-16-19-22-25-27-29-30-31-32-33-34-35-36-37-38-39-40-41-42-43-44-45-46-48-49-52-55-58-61-64-67-70-76(79)82-73-74(72-81-75(78)69-66-63-60-57-54-51-24-21-18-15-12-9-6-3)83-77(80)71-68-65-62-59-56-53-50-47-28-26-23-20-17-14-11-8-5-2/h7,10,12,15-17,19-21,24-28,30-31,33-34,36-37,39-40,42-43,45-46,74H,4-6,8-9,11,13-14,18,22-23,29,32,35,38,41,44,47-73H2,1-3H3/b10-7-,15-12-,19-16-,20-17-,24-21-,27-25-,28-26-,31-30-,34-33-,37-36-,40-39-,43-42-,46-45-. The summed E-state index contributed by atoms with van der Waals surface area (Å²) in [5, 5.41) is 0. The molecule has 0 fully saturated rings. The second-order valence-corrected chi connectivity index (χ2v) is 22.0. The van der Waals surface area contributed by atoms with Crippen LogP contribution in [0.15, 0.2) is 158 Å². The van der Waals surface area contributed by atoms with Crippen LogP contribution in [0.2, 0.25) is 0 Å². The van der Waals surface area contributed by atoms with Gasteiger partial charge in [0.15, 0.2) is 6.10 Å². The second-order valence-electron chi connectivity index (χ2n) is 22.0. The molecule has 0 aliphatic carbocycles. The summed E-state index contributed by atoms with van der Waals surface area (Å²) in [5.41, 5.74) is 0. The first-order valence-corrected chi connectivity index (χ1v) is 34.0. The lowest BCUT2D eigenvalue weighted by molar-refractivity contribution is -0.167. The van der Waals surface area contributed by atoms with Gasteiger partial charge in [-0.05, 0) is 148 Å². The molecule has 0 aromatic heterocycles. The van der Waals surface area contributed by atoms with Gasteiger partial charge >= 0.3 is 17.9 Å². The van der Waals surface area contributed by atoms with Gasteiger partial charge in [0, 0.05) is 19.3 Å². The monoisotopic (exact) mass is 1140 g/mol. The van der Waals surface area contributed by atoms with Crippen molar-refractivity contribution in [3.05, 3.63) is 158 Å². The fraction of sp³-hybridized carbons (Fsp3) is 0.623. The Bertz CT molecular complexity index is 1840. The Morgan fingerprint density at radius 3 is 0.783 bits per heavy atom. The number of esters is 3. The van der Waals surface area contributed by atoms with Crippen LogP contribution >= 0.6 is 0 Å². The zero-order valence-electron chi connectivity index (χ0n) is 53.7. The first-order valence-electron chi connectivity index (χ1n) is 34.0. The molecule has 0 aromatic carbocycles. The summed E-state index contributed by atoms with van der Waals surface area (Å²) in [4.78, 5) is 38.3. The molecule has 0 amide bonds. The number of allylic oxidation sites excluding steroid dienone is 26. The highest BCUT2D eigenvalue weighted by Gasteiger charge is 2.19. The first-order chi connectivity index (χ1) is 41.0. The maximum Gasteiger partial charge on any atom is 0.306 e. The smallest absolute Gasteiger partial charge is 0.306 e. The summed E-state index contributed by atoms with van der Waals surface area (Å²) in [6, 6.07) is 0. The van der Waals surface area contributed by atoms with Crippen LogP contribution in [0.25, 0.3) is 0 Å². The molecule has 0 N–H and O–H groups in total. The zero-order chi connectivity index (χ0) is 59.9. The first kappa shape index (κ1) is 78.0. The number of ether oxygens (including phenoxy) is 3. The molecule has 6 heteroatoms. The molecule has 1 atom stereocenters. The van der Waals surface area contributed by atoms with E-state index in [0.717, 1.165) is 167 Å². The molecule has 0 saturated carbocycles. The predicted molar refractivity (Wildman–Crippen MR) is 362 cm³/mol. The summed E-state index contributed by atoms with van der Waals surface area (Å²) in [7, 11) is 0. The van der Waals surface area contributed by atoms with Crippen molar-refractivity contribution in [3.63, 3.8) is 0 Å². The Hall–Kier alpha value is -4.97. The maximum atomic E-state index is 12.9. The van der Waals surface area contributed by atoms with Gasteiger partial charge in [-0.25, -0.2) is 0 Å². The fourth-order valence-corrected chi connectivity index (χ4v) is 8.91. The lowest BCUT2D eigenvalue weighted by Gasteiger charge is -2.18. The van der Waals surface area contributed by atoms with Crippen molar-refractivity contribution in [2.45, 2.75) is 297 Å². The van der Waals surface area contributed by atoms with E-state index in [1.54, 1.807) is 0 Å². The Labute approximate surface area is 511 Å². The normalized spacial score (nSPS) is 13.1. The Kier molecular flexibility index (Phi) is 65.4. The Morgan fingerprint density at radius 1 is 0.253 bits per heavy atom. The van der Waals surface area contributed by atoms with Gasteiger partial charge < -0.3 is 14.2 Å². The van der Waals surface area contributed by atoms with E-state index in [4.69, 9.17) is 14.2 Å². The summed E-state index contributed by atoms with van der Waals surface area (Å²) in [6.07, 6.45) is 101. The van der Waals surface area contributed by atoms with Crippen LogP contribution in [0.3, 0.4) is 0 Å². The number of hydrogen-bond acceptors (Lipinski definition) is 6. The molecule has 83 heavy (non-hydrogen) atoms. The zero-order valence-corrected chi connectivity index (χ0v) is 53.7. The highest BCUT2D eigenvalue weighted by Crippen LogP contribution is 2.15. The van der Waals surface area contributed by atoms with E-state index in [-0.39, 0.29) is 31.1 Å². The molecule has 0 saturated heterocycles. The molecule has 0 aliphatic heterocycles. The van der Waals surface area contributed by atoms with E-state index in [2.05, 4.69) is 179 Å². The van der Waals surface area contributed by atoms with Crippen LogP contribution < -0.4 is 0 Å². The van der Waals surface area contributed by atoms with Gasteiger partial charge in [-0.15, -0.1) is 0 Å². The van der Waals surface area contributed by atoms with Crippen molar-refractivity contribution < 1.29 is 28.6 Å². The van der Waals surface area contributed by atoms with Crippen LogP contribution in [0, 0.1) is 0 Å². The summed E-state index contributed by atoms with van der Waals surface area (Å²) < 4.78 is 16.9. The van der Waals surface area contributed by atoms with Crippen molar-refractivity contribution in [2.75, 3.05) is 13.2 Å². The summed E-state index contributed by atoms with van der Waals surface area (Å²) in [6.45, 7) is 6.41. The average Bonchev–Trinajstić information content (AvgIpc) is 3.49. The molecule has 0 radical (unpaired) electrons. The Balaban J connectivity index is 4.31. The van der Waals surface area contributed by atoms with Crippen molar-refractivity contribution in [1.29, 1.82) is 0 Å². The summed E-state index contributed by atoms with van der Waals surface area (Å²) in [5.74, 6) is -0.929. The SMILES string of the molecule is CC/C=C\C/C=C\C/C=C\C/C=C\C/C=C\C/C=C\C/C=C\C/C=C\C/C=C\CCCCCCCCCC(=O)OCC(COC(=O)CCCCCCC/C=C\C/C=C\CCC)OC(=O)CCCCCCCCC/C=C\C/C=C\CCCCC. The van der Waals surface area contributed by atoms with Gasteiger partial charge in [0.2, 0.25) is 0 Å². The molecule has 0 aliphatic rings. The highest BCUT2D eigenvalue weighted by molar-refractivity contribution is 5.71. The quantitative estimate of drug-likeness (QED) is 0.0261. The van der Waals surface area contributed by atoms with Gasteiger partial charge in [-0.3, -0.25) is 14.4 Å². The third-order valence-electron chi connectivity index (χ3n) is 14.0. The number of rotatable bonds is 60. The predicted octanol–water partition coefficient (Wildman–Crippen LogP) is 23.7. The number of carbonyl (C=O) groups excluding carboxylic acids is 3. The van der Waals surface area contributed by atoms with Crippen molar-refractivity contribution in [3.8, 4) is 0 Å². The van der Waals surface area contributed by atoms with E-state index in [0.29, 0.717) is 19.3 Å². The minimum Gasteiger partial charge on any atom is -0.462 e. The molecule has 6 nitrogen and oxygen atoms in total. The highest BCUT2D eigenvalue weighted by atomic mass is 16.6. The van der Waals surface area contributed by atoms with Gasteiger partial charge in [-0.1, -0.05) is 281 Å². The second kappa shape index (κ2) is 69.5. The number of carbonyl (C=O) groups is 3. The van der Waals surface area contributed by atoms with Crippen LogP contribution in [0.1, 0.15) is 290 Å². The molecular formula is C77H124O6. The van der Waals surface area contributed by atoms with E-state index < -0.39 is 6.10 Å². The summed E-state index contributed by atoms with van der Waals surface area (Å²) >= 11 is 0. The van der Waals surface area contributed by atoms with Gasteiger partial charge in [0.1, 0.15) is 13.2 Å². The van der Waals surface area contributed by atoms with Crippen LogP contribution in [0.4, 0.5) is 0 Å². The molecule has 0 aromatic rings. The minimum atomic E-state index is -0.800. The van der Waals surface area contributed by atoms with Crippen molar-refractivity contribution in [1.82, 2.24) is 0 Å². The third kappa shape index (κ3) is 67.7. The molecule has 1 unspecified atom stereocenters. The van der Waals surface area contributed by atoms with E-state index >= 15 is 0 Å². The van der Waals surface area contributed by atoms with E-state index in [9.17, 15) is 14.4 Å². The van der Waals surface area contributed by atoms with Gasteiger partial charge in [0.05, 0.1) is 0 Å². The molecule has 0 spiro atoms. The van der Waals surface area contributed by atoms with E-state index in [1.165, 1.54) is 83.5 Å². The lowest BCUT2D eigenvalue weighted by Crippen LogP contribution is -2.30. The Morgan fingerprint density at radius 2 is 0.494 bits per heavy atom. The topological polar surface area (TPSA) is 78.9 Å². The van der Waals surface area contributed by atoms with Crippen LogP contribution in [-0.4, -0.2) is 37.2 Å². The molecule has 468 valence electrons. The van der Waals surface area contributed by atoms with E-state index in [1.807, 2.05) is 0 Å². The van der Waals surface area contributed by atoms with Crippen LogP contribution in [0.5, 0.6) is 0 Å². The maximum absolute atomic E-state index is 12.9. The van der Waals surface area contributed by atoms with Gasteiger partial charge in [-0.2, -0.15) is 0 Å². The molecule has 0 bridgehead atoms. The van der Waals surface area contributed by atoms with Gasteiger partial charge in [0.25, 0.3) is 0 Å².